The molecule has 0 saturated heterocycles. The Morgan fingerprint density at radius 3 is 2.61 bits per heavy atom. The molecule has 0 radical (unpaired) electrons. The maximum atomic E-state index is 5.69. The van der Waals surface area contributed by atoms with Crippen molar-refractivity contribution in [3.8, 4) is 0 Å². The van der Waals surface area contributed by atoms with Crippen molar-refractivity contribution in [2.24, 2.45) is 0 Å². The number of hydrogen-bond donors (Lipinski definition) is 1. The second kappa shape index (κ2) is 6.86. The van der Waals surface area contributed by atoms with Gasteiger partial charge in [0.05, 0.1) is 17.6 Å². The molecule has 23 heavy (non-hydrogen) atoms. The topological polar surface area (TPSA) is 34.1 Å². The number of pyridine rings is 1. The fraction of sp³-hybridized carbons (Fsp3) is 0.350. The van der Waals surface area contributed by atoms with Gasteiger partial charge in [0.15, 0.2) is 0 Å². The minimum absolute atomic E-state index is 0.148. The van der Waals surface area contributed by atoms with Gasteiger partial charge in [-0.2, -0.15) is 0 Å². The molecule has 1 aliphatic rings. The van der Waals surface area contributed by atoms with E-state index in [0.717, 1.165) is 40.3 Å². The lowest BCUT2D eigenvalue weighted by Gasteiger charge is -2.17. The summed E-state index contributed by atoms with van der Waals surface area (Å²) in [6.45, 7) is 14.1. The minimum Gasteiger partial charge on any atom is -0.495 e. The second-order valence-corrected chi connectivity index (χ2v) is 6.50. The van der Waals surface area contributed by atoms with Gasteiger partial charge in [0.2, 0.25) is 0 Å². The molecule has 0 amide bonds. The van der Waals surface area contributed by atoms with Crippen LogP contribution in [0.3, 0.4) is 0 Å². The van der Waals surface area contributed by atoms with E-state index in [1.54, 1.807) is 0 Å². The standard InChI is InChI=1S/C20H26N2O/c1-7-14(3)21-15(4)11-19-16(8-2)9-10-18(22-19)17-12-20(5,6)23-13-17/h7-11,13,21H,2,12H2,1,3-6H3/b14-7-,15-11+. The molecule has 122 valence electrons. The molecule has 0 fully saturated rings. The van der Waals surface area contributed by atoms with Gasteiger partial charge in [-0.15, -0.1) is 0 Å². The average Bonchev–Trinajstić information content (AvgIpc) is 2.87. The normalized spacial score (nSPS) is 17.5. The van der Waals surface area contributed by atoms with Crippen LogP contribution in [0.15, 0.2) is 42.4 Å². The van der Waals surface area contributed by atoms with Gasteiger partial charge in [-0.05, 0) is 52.3 Å². The molecule has 0 aliphatic carbocycles. The van der Waals surface area contributed by atoms with Crippen molar-refractivity contribution in [3.63, 3.8) is 0 Å². The molecule has 0 spiro atoms. The molecular weight excluding hydrogens is 284 g/mol. The van der Waals surface area contributed by atoms with Crippen LogP contribution in [-0.2, 0) is 4.74 Å². The summed E-state index contributed by atoms with van der Waals surface area (Å²) >= 11 is 0. The first kappa shape index (κ1) is 17.1. The zero-order chi connectivity index (χ0) is 17.0. The smallest absolute Gasteiger partial charge is 0.107 e. The molecule has 1 aromatic heterocycles. The van der Waals surface area contributed by atoms with Crippen molar-refractivity contribution in [2.75, 3.05) is 0 Å². The lowest BCUT2D eigenvalue weighted by atomic mass is 9.98. The molecule has 3 heteroatoms. The monoisotopic (exact) mass is 310 g/mol. The van der Waals surface area contributed by atoms with Gasteiger partial charge in [0, 0.05) is 23.4 Å². The number of allylic oxidation sites excluding steroid dienone is 3. The Hall–Kier alpha value is -2.29. The zero-order valence-electron chi connectivity index (χ0n) is 14.7. The van der Waals surface area contributed by atoms with E-state index in [0.29, 0.717) is 0 Å². The molecular formula is C20H26N2O. The highest BCUT2D eigenvalue weighted by Crippen LogP contribution is 2.33. The molecule has 3 nitrogen and oxygen atoms in total. The molecule has 1 aromatic rings. The quantitative estimate of drug-likeness (QED) is 0.817. The Bertz CT molecular complexity index is 694. The Labute approximate surface area is 139 Å². The van der Waals surface area contributed by atoms with Crippen LogP contribution < -0.4 is 5.32 Å². The SMILES string of the molecule is C=Cc1ccc(C2=COC(C)(C)C2)nc1/C=C(\C)N/C(C)=C\C. The maximum Gasteiger partial charge on any atom is 0.107 e. The molecule has 0 aromatic carbocycles. The number of nitrogens with zero attached hydrogens (tertiary/aromatic N) is 1. The number of aromatic nitrogens is 1. The Morgan fingerprint density at radius 2 is 2.04 bits per heavy atom. The highest BCUT2D eigenvalue weighted by Gasteiger charge is 2.27. The van der Waals surface area contributed by atoms with Gasteiger partial charge >= 0.3 is 0 Å². The van der Waals surface area contributed by atoms with Crippen molar-refractivity contribution >= 4 is 17.7 Å². The van der Waals surface area contributed by atoms with E-state index in [2.05, 4.69) is 37.9 Å². The molecule has 0 unspecified atom stereocenters. The van der Waals surface area contributed by atoms with Gasteiger partial charge in [-0.25, -0.2) is 4.98 Å². The van der Waals surface area contributed by atoms with Gasteiger partial charge in [0.1, 0.15) is 5.60 Å². The highest BCUT2D eigenvalue weighted by molar-refractivity contribution is 5.69. The van der Waals surface area contributed by atoms with Gasteiger partial charge in [-0.3, -0.25) is 0 Å². The summed E-state index contributed by atoms with van der Waals surface area (Å²) in [7, 11) is 0. The number of hydrogen-bond acceptors (Lipinski definition) is 3. The first-order valence-corrected chi connectivity index (χ1v) is 7.93. The van der Waals surface area contributed by atoms with Crippen LogP contribution in [0.2, 0.25) is 0 Å². The molecule has 2 rings (SSSR count). The van der Waals surface area contributed by atoms with Crippen molar-refractivity contribution in [1.29, 1.82) is 0 Å². The lowest BCUT2D eigenvalue weighted by Crippen LogP contribution is -2.16. The number of nitrogens with one attached hydrogen (secondary N) is 1. The van der Waals surface area contributed by atoms with Gasteiger partial charge < -0.3 is 10.1 Å². The fourth-order valence-corrected chi connectivity index (χ4v) is 2.50. The third-order valence-electron chi connectivity index (χ3n) is 3.82. The third-order valence-corrected chi connectivity index (χ3v) is 3.82. The van der Waals surface area contributed by atoms with Crippen LogP contribution in [0.1, 0.15) is 58.0 Å². The Balaban J connectivity index is 2.33. The first-order chi connectivity index (χ1) is 10.8. The summed E-state index contributed by atoms with van der Waals surface area (Å²) in [6, 6.07) is 4.09. The third kappa shape index (κ3) is 4.35. The van der Waals surface area contributed by atoms with E-state index >= 15 is 0 Å². The molecule has 0 atom stereocenters. The predicted molar refractivity (Wildman–Crippen MR) is 98.3 cm³/mol. The molecule has 2 heterocycles. The summed E-state index contributed by atoms with van der Waals surface area (Å²) < 4.78 is 5.69. The van der Waals surface area contributed by atoms with E-state index in [-0.39, 0.29) is 5.60 Å². The molecule has 1 aliphatic heterocycles. The summed E-state index contributed by atoms with van der Waals surface area (Å²) in [5.41, 5.74) is 6.04. The van der Waals surface area contributed by atoms with Crippen LogP contribution in [0, 0.1) is 0 Å². The van der Waals surface area contributed by atoms with E-state index in [1.165, 1.54) is 0 Å². The molecule has 0 bridgehead atoms. The average molecular weight is 310 g/mol. The predicted octanol–water partition coefficient (Wildman–Crippen LogP) is 5.14. The van der Waals surface area contributed by atoms with Gasteiger partial charge in [0.25, 0.3) is 0 Å². The van der Waals surface area contributed by atoms with Crippen LogP contribution in [0.5, 0.6) is 0 Å². The summed E-state index contributed by atoms with van der Waals surface area (Å²) in [6.07, 6.45) is 8.62. The summed E-state index contributed by atoms with van der Waals surface area (Å²) in [4.78, 5) is 4.81. The van der Waals surface area contributed by atoms with Crippen LogP contribution in [-0.4, -0.2) is 10.6 Å². The minimum atomic E-state index is -0.148. The van der Waals surface area contributed by atoms with E-state index in [1.807, 2.05) is 45.3 Å². The van der Waals surface area contributed by atoms with Crippen LogP contribution in [0.4, 0.5) is 0 Å². The summed E-state index contributed by atoms with van der Waals surface area (Å²) in [5.74, 6) is 0. The number of rotatable bonds is 5. The lowest BCUT2D eigenvalue weighted by molar-refractivity contribution is 0.0831. The summed E-state index contributed by atoms with van der Waals surface area (Å²) in [5, 5.41) is 3.34. The maximum absolute atomic E-state index is 5.69. The largest absolute Gasteiger partial charge is 0.495 e. The molecule has 1 N–H and O–H groups in total. The Morgan fingerprint density at radius 1 is 1.30 bits per heavy atom. The van der Waals surface area contributed by atoms with Crippen molar-refractivity contribution in [1.82, 2.24) is 10.3 Å². The number of ether oxygens (including phenoxy) is 1. The molecule has 0 saturated carbocycles. The first-order valence-electron chi connectivity index (χ1n) is 7.93. The van der Waals surface area contributed by atoms with Crippen LogP contribution in [0.25, 0.3) is 17.7 Å². The Kier molecular flexibility index (Phi) is 5.09. The second-order valence-electron chi connectivity index (χ2n) is 6.50. The van der Waals surface area contributed by atoms with E-state index in [4.69, 9.17) is 9.72 Å². The fourth-order valence-electron chi connectivity index (χ4n) is 2.50. The van der Waals surface area contributed by atoms with E-state index < -0.39 is 0 Å². The van der Waals surface area contributed by atoms with Crippen molar-refractivity contribution in [2.45, 2.75) is 46.6 Å². The zero-order valence-corrected chi connectivity index (χ0v) is 14.7. The van der Waals surface area contributed by atoms with Crippen molar-refractivity contribution < 1.29 is 4.74 Å². The highest BCUT2D eigenvalue weighted by atomic mass is 16.5. The van der Waals surface area contributed by atoms with Gasteiger partial charge in [-0.1, -0.05) is 24.8 Å². The van der Waals surface area contributed by atoms with Crippen LogP contribution >= 0.6 is 0 Å². The van der Waals surface area contributed by atoms with E-state index in [9.17, 15) is 0 Å². The van der Waals surface area contributed by atoms with Crippen molar-refractivity contribution in [3.05, 3.63) is 59.4 Å².